The molecule has 0 atom stereocenters. The third-order valence-electron chi connectivity index (χ3n) is 4.40. The van der Waals surface area contributed by atoms with E-state index < -0.39 is 5.82 Å². The van der Waals surface area contributed by atoms with E-state index in [0.717, 1.165) is 5.56 Å². The number of hydrogen-bond acceptors (Lipinski definition) is 4. The fourth-order valence-electron chi connectivity index (χ4n) is 2.92. The van der Waals surface area contributed by atoms with E-state index in [9.17, 15) is 9.18 Å². The van der Waals surface area contributed by atoms with Crippen LogP contribution in [0.15, 0.2) is 36.4 Å². The van der Waals surface area contributed by atoms with Gasteiger partial charge in [-0.15, -0.1) is 0 Å². The molecular weight excluding hydrogens is 452 g/mol. The molecule has 0 fully saturated rings. The van der Waals surface area contributed by atoms with E-state index in [0.29, 0.717) is 53.3 Å². The van der Waals surface area contributed by atoms with Crippen LogP contribution in [0.1, 0.15) is 17.8 Å². The lowest BCUT2D eigenvalue weighted by Gasteiger charge is -2.06. The molecule has 1 aromatic heterocycles. The van der Waals surface area contributed by atoms with Crippen molar-refractivity contribution >= 4 is 40.6 Å². The highest BCUT2D eigenvalue weighted by molar-refractivity contribution is 6.34. The van der Waals surface area contributed by atoms with Crippen LogP contribution in [0.5, 0.6) is 0 Å². The molecule has 0 amide bonds. The summed E-state index contributed by atoms with van der Waals surface area (Å²) >= 11 is 17.8. The molecule has 30 heavy (non-hydrogen) atoms. The molecule has 0 N–H and O–H groups in total. The number of ether oxygens (including phenoxy) is 1. The monoisotopic (exact) mass is 469 g/mol. The molecule has 1 heterocycles. The van der Waals surface area contributed by atoms with Gasteiger partial charge in [0, 0.05) is 29.1 Å². The Kier molecular flexibility index (Phi) is 7.83. The van der Waals surface area contributed by atoms with Gasteiger partial charge < -0.3 is 4.74 Å². The first-order valence-corrected chi connectivity index (χ1v) is 10.3. The Bertz CT molecular complexity index is 1040. The second-order valence-corrected chi connectivity index (χ2v) is 7.97. The molecule has 0 aliphatic heterocycles. The number of methoxy groups -OCH3 is 1. The van der Waals surface area contributed by atoms with E-state index >= 15 is 0 Å². The van der Waals surface area contributed by atoms with E-state index in [-0.39, 0.29) is 17.2 Å². The zero-order valence-electron chi connectivity index (χ0n) is 16.2. The highest BCUT2D eigenvalue weighted by Gasteiger charge is 2.16. The average Bonchev–Trinajstić information content (AvgIpc) is 3.08. The first-order chi connectivity index (χ1) is 14.4. The molecule has 9 heteroatoms. The lowest BCUT2D eigenvalue weighted by Crippen LogP contribution is -2.14. The highest BCUT2D eigenvalue weighted by atomic mass is 35.5. The topological polar surface area (TPSA) is 57.0 Å². The number of halogens is 4. The number of rotatable bonds is 9. The van der Waals surface area contributed by atoms with Gasteiger partial charge in [0.25, 0.3) is 0 Å². The predicted molar refractivity (Wildman–Crippen MR) is 116 cm³/mol. The number of hydrogen-bond donors (Lipinski definition) is 0. The van der Waals surface area contributed by atoms with Crippen LogP contribution in [0.25, 0.3) is 11.4 Å². The normalized spacial score (nSPS) is 11.1. The number of nitrogens with zero attached hydrogens (tertiary/aromatic N) is 3. The Labute approximate surface area is 188 Å². The molecule has 0 saturated carbocycles. The molecule has 0 unspecified atom stereocenters. The molecule has 3 rings (SSSR count). The number of carbonyl (C=O) groups is 1. The molecule has 0 spiro atoms. The zero-order valence-corrected chi connectivity index (χ0v) is 18.4. The number of aromatic nitrogens is 3. The summed E-state index contributed by atoms with van der Waals surface area (Å²) < 4.78 is 20.5. The lowest BCUT2D eigenvalue weighted by atomic mass is 10.1. The van der Waals surface area contributed by atoms with Crippen LogP contribution < -0.4 is 0 Å². The van der Waals surface area contributed by atoms with Gasteiger partial charge in [0.15, 0.2) is 5.82 Å². The van der Waals surface area contributed by atoms with E-state index in [1.54, 1.807) is 36.1 Å². The fourth-order valence-corrected chi connectivity index (χ4v) is 3.61. The Morgan fingerprint density at radius 3 is 2.53 bits per heavy atom. The number of benzene rings is 2. The third kappa shape index (κ3) is 6.01. The fraction of sp³-hybridized carbons (Fsp3) is 0.286. The molecular formula is C21H19Cl3FN3O2. The van der Waals surface area contributed by atoms with Gasteiger partial charge in [-0.3, -0.25) is 4.79 Å². The van der Waals surface area contributed by atoms with Gasteiger partial charge in [0.05, 0.1) is 24.6 Å². The van der Waals surface area contributed by atoms with Crippen LogP contribution >= 0.6 is 34.8 Å². The van der Waals surface area contributed by atoms with Crippen molar-refractivity contribution in [2.75, 3.05) is 13.7 Å². The maximum Gasteiger partial charge on any atom is 0.181 e. The van der Waals surface area contributed by atoms with Crippen LogP contribution in [0, 0.1) is 5.82 Å². The molecule has 5 nitrogen and oxygen atoms in total. The average molecular weight is 471 g/mol. The summed E-state index contributed by atoms with van der Waals surface area (Å²) in [6.07, 6.45) is 0.917. The van der Waals surface area contributed by atoms with E-state index in [1.165, 1.54) is 12.1 Å². The lowest BCUT2D eigenvalue weighted by molar-refractivity contribution is -0.118. The quantitative estimate of drug-likeness (QED) is 0.418. The van der Waals surface area contributed by atoms with Crippen LogP contribution in [-0.2, 0) is 28.9 Å². The molecule has 3 aromatic rings. The first kappa shape index (κ1) is 22.7. The number of aryl methyl sites for hydroxylation is 1. The first-order valence-electron chi connectivity index (χ1n) is 9.20. The molecule has 2 aromatic carbocycles. The van der Waals surface area contributed by atoms with Gasteiger partial charge in [-0.1, -0.05) is 34.8 Å². The van der Waals surface area contributed by atoms with Crippen molar-refractivity contribution in [3.05, 3.63) is 68.7 Å². The molecule has 158 valence electrons. The van der Waals surface area contributed by atoms with Crippen LogP contribution in [0.4, 0.5) is 4.39 Å². The summed E-state index contributed by atoms with van der Waals surface area (Å²) in [5, 5.41) is 5.50. The van der Waals surface area contributed by atoms with Crippen LogP contribution in [0.3, 0.4) is 0 Å². The van der Waals surface area contributed by atoms with Crippen molar-refractivity contribution in [1.82, 2.24) is 14.8 Å². The van der Waals surface area contributed by atoms with Crippen molar-refractivity contribution < 1.29 is 13.9 Å². The molecule has 0 aliphatic carbocycles. The summed E-state index contributed by atoms with van der Waals surface area (Å²) in [5.74, 6) is 0.254. The summed E-state index contributed by atoms with van der Waals surface area (Å²) in [5.41, 5.74) is 1.37. The molecule has 0 radical (unpaired) electrons. The van der Waals surface area contributed by atoms with Crippen molar-refractivity contribution in [3.8, 4) is 11.4 Å². The second kappa shape index (κ2) is 10.4. The summed E-state index contributed by atoms with van der Waals surface area (Å²) in [6, 6.07) is 9.57. The maximum atomic E-state index is 13.8. The van der Waals surface area contributed by atoms with Crippen LogP contribution in [-0.4, -0.2) is 34.3 Å². The van der Waals surface area contributed by atoms with Gasteiger partial charge >= 0.3 is 0 Å². The summed E-state index contributed by atoms with van der Waals surface area (Å²) in [6.45, 7) is 0.825. The van der Waals surface area contributed by atoms with E-state index in [2.05, 4.69) is 10.1 Å². The predicted octanol–water partition coefficient (Wildman–Crippen LogP) is 5.44. The summed E-state index contributed by atoms with van der Waals surface area (Å²) in [4.78, 5) is 17.0. The highest BCUT2D eigenvalue weighted by Crippen LogP contribution is 2.23. The van der Waals surface area contributed by atoms with Crippen molar-refractivity contribution in [2.45, 2.75) is 25.8 Å². The SMILES string of the molecule is COCCn1nc(-c2ccc(Cl)c(F)c2)nc1CC(=O)CCc1cc(Cl)cc(Cl)c1. The largest absolute Gasteiger partial charge is 0.383 e. The minimum Gasteiger partial charge on any atom is -0.383 e. The smallest absolute Gasteiger partial charge is 0.181 e. The minimum atomic E-state index is -0.555. The molecule has 0 saturated heterocycles. The number of Topliss-reactive ketones (excluding diaryl/α,β-unsaturated/α-hetero) is 1. The van der Waals surface area contributed by atoms with Gasteiger partial charge in [-0.05, 0) is 48.4 Å². The number of ketones is 1. The Hall–Kier alpha value is -1.99. The van der Waals surface area contributed by atoms with Gasteiger partial charge in [0.2, 0.25) is 0 Å². The van der Waals surface area contributed by atoms with E-state index in [4.69, 9.17) is 39.5 Å². The zero-order chi connectivity index (χ0) is 21.7. The van der Waals surface area contributed by atoms with Crippen molar-refractivity contribution in [1.29, 1.82) is 0 Å². The molecule has 0 bridgehead atoms. The van der Waals surface area contributed by atoms with Gasteiger partial charge in [-0.25, -0.2) is 14.1 Å². The second-order valence-electron chi connectivity index (χ2n) is 6.69. The third-order valence-corrected chi connectivity index (χ3v) is 5.15. The molecule has 0 aliphatic rings. The Morgan fingerprint density at radius 1 is 1.13 bits per heavy atom. The summed E-state index contributed by atoms with van der Waals surface area (Å²) in [7, 11) is 1.58. The van der Waals surface area contributed by atoms with Gasteiger partial charge in [-0.2, -0.15) is 5.10 Å². The maximum absolute atomic E-state index is 13.8. The van der Waals surface area contributed by atoms with Crippen LogP contribution in [0.2, 0.25) is 15.1 Å². The minimum absolute atomic E-state index is 0.00833. The number of carbonyl (C=O) groups excluding carboxylic acids is 1. The van der Waals surface area contributed by atoms with Crippen molar-refractivity contribution in [3.63, 3.8) is 0 Å². The standard InChI is InChI=1S/C21H19Cl3FN3O2/c1-30-7-6-28-20(26-21(27-28)14-3-5-18(24)19(25)10-14)12-17(29)4-2-13-8-15(22)11-16(23)9-13/h3,5,8-11H,2,4,6-7,12H2,1H3. The van der Waals surface area contributed by atoms with Gasteiger partial charge in [0.1, 0.15) is 17.4 Å². The Balaban J connectivity index is 1.75. The van der Waals surface area contributed by atoms with Crippen molar-refractivity contribution in [2.24, 2.45) is 0 Å². The van der Waals surface area contributed by atoms with E-state index in [1.807, 2.05) is 0 Å². The Morgan fingerprint density at radius 2 is 1.87 bits per heavy atom.